The first-order chi connectivity index (χ1) is 8.22. The average molecular weight is 235 g/mol. The van der Waals surface area contributed by atoms with Crippen molar-refractivity contribution in [3.8, 4) is 0 Å². The number of aliphatic hydroxyl groups is 1. The first kappa shape index (κ1) is 10.8. The smallest absolute Gasteiger partial charge is 0.0771 e. The van der Waals surface area contributed by atoms with E-state index in [2.05, 4.69) is 5.32 Å². The van der Waals surface area contributed by atoms with E-state index in [1.54, 1.807) is 0 Å². The van der Waals surface area contributed by atoms with Crippen molar-refractivity contribution in [2.45, 2.75) is 63.0 Å². The van der Waals surface area contributed by atoms with Gasteiger partial charge in [0, 0.05) is 12.6 Å². The standard InChI is InChI=1S/C15H25NO/c17-15(2-1-3-15)9-16-14-12-5-10-4-11(7-12)8-13(14)6-10/h10-14,16-17H,1-9H2. The maximum Gasteiger partial charge on any atom is 0.0771 e. The van der Waals surface area contributed by atoms with Crippen LogP contribution in [0, 0.1) is 23.7 Å². The molecule has 0 saturated heterocycles. The molecule has 2 nitrogen and oxygen atoms in total. The molecule has 0 spiro atoms. The van der Waals surface area contributed by atoms with E-state index in [4.69, 9.17) is 0 Å². The Morgan fingerprint density at radius 1 is 0.941 bits per heavy atom. The van der Waals surface area contributed by atoms with Crippen LogP contribution in [-0.2, 0) is 0 Å². The predicted molar refractivity (Wildman–Crippen MR) is 67.6 cm³/mol. The Kier molecular flexibility index (Phi) is 2.36. The van der Waals surface area contributed by atoms with Crippen molar-refractivity contribution in [3.63, 3.8) is 0 Å². The van der Waals surface area contributed by atoms with E-state index in [1.165, 1.54) is 38.5 Å². The highest BCUT2D eigenvalue weighted by Crippen LogP contribution is 2.53. The third-order valence-electron chi connectivity index (χ3n) is 6.18. The highest BCUT2D eigenvalue weighted by atomic mass is 16.3. The summed E-state index contributed by atoms with van der Waals surface area (Å²) in [6, 6.07) is 0.743. The van der Waals surface area contributed by atoms with Gasteiger partial charge in [-0.05, 0) is 75.0 Å². The third kappa shape index (κ3) is 1.76. The fourth-order valence-electron chi connectivity index (χ4n) is 5.33. The zero-order valence-electron chi connectivity index (χ0n) is 10.7. The summed E-state index contributed by atoms with van der Waals surface area (Å²) in [5.74, 6) is 3.99. The van der Waals surface area contributed by atoms with E-state index in [0.717, 1.165) is 49.1 Å². The summed E-state index contributed by atoms with van der Waals surface area (Å²) in [6.07, 6.45) is 10.7. The summed E-state index contributed by atoms with van der Waals surface area (Å²) in [5, 5.41) is 14.0. The fraction of sp³-hybridized carbons (Fsp3) is 1.00. The average Bonchev–Trinajstić information content (AvgIpc) is 2.24. The van der Waals surface area contributed by atoms with Gasteiger partial charge in [0.15, 0.2) is 0 Å². The van der Waals surface area contributed by atoms with Crippen LogP contribution >= 0.6 is 0 Å². The summed E-state index contributed by atoms with van der Waals surface area (Å²) < 4.78 is 0. The molecule has 0 aliphatic heterocycles. The summed E-state index contributed by atoms with van der Waals surface area (Å²) in [6.45, 7) is 0.861. The highest BCUT2D eigenvalue weighted by molar-refractivity contribution is 5.02. The molecule has 0 atom stereocenters. The van der Waals surface area contributed by atoms with Crippen LogP contribution in [-0.4, -0.2) is 23.3 Å². The Morgan fingerprint density at radius 2 is 1.53 bits per heavy atom. The molecular weight excluding hydrogens is 210 g/mol. The van der Waals surface area contributed by atoms with Gasteiger partial charge in [-0.3, -0.25) is 0 Å². The fourth-order valence-corrected chi connectivity index (χ4v) is 5.33. The Morgan fingerprint density at radius 3 is 2.00 bits per heavy atom. The monoisotopic (exact) mass is 235 g/mol. The molecule has 2 N–H and O–H groups in total. The molecule has 0 aromatic rings. The van der Waals surface area contributed by atoms with E-state index in [9.17, 15) is 5.11 Å². The zero-order valence-corrected chi connectivity index (χ0v) is 10.7. The Balaban J connectivity index is 1.41. The van der Waals surface area contributed by atoms with E-state index >= 15 is 0 Å². The molecule has 5 saturated carbocycles. The minimum absolute atomic E-state index is 0.339. The van der Waals surface area contributed by atoms with Crippen molar-refractivity contribution >= 4 is 0 Å². The number of nitrogens with one attached hydrogen (secondary N) is 1. The van der Waals surface area contributed by atoms with Gasteiger partial charge in [0.05, 0.1) is 5.60 Å². The maximum atomic E-state index is 10.2. The molecule has 4 bridgehead atoms. The zero-order chi connectivity index (χ0) is 11.5. The molecular formula is C15H25NO. The van der Waals surface area contributed by atoms with Crippen molar-refractivity contribution in [3.05, 3.63) is 0 Å². The normalized spacial score (nSPS) is 50.3. The van der Waals surface area contributed by atoms with Crippen LogP contribution in [0.4, 0.5) is 0 Å². The van der Waals surface area contributed by atoms with Crippen molar-refractivity contribution in [2.75, 3.05) is 6.54 Å². The van der Waals surface area contributed by atoms with Crippen LogP contribution in [0.25, 0.3) is 0 Å². The minimum atomic E-state index is -0.339. The van der Waals surface area contributed by atoms with E-state index < -0.39 is 0 Å². The molecule has 96 valence electrons. The SMILES string of the molecule is OC1(CNC2C3CC4CC(C3)CC2C4)CCC1. The lowest BCUT2D eigenvalue weighted by molar-refractivity contribution is -0.0551. The summed E-state index contributed by atoms with van der Waals surface area (Å²) in [7, 11) is 0. The quantitative estimate of drug-likeness (QED) is 0.787. The van der Waals surface area contributed by atoms with E-state index in [-0.39, 0.29) is 5.60 Å². The Labute approximate surface area is 104 Å². The largest absolute Gasteiger partial charge is 0.389 e. The van der Waals surface area contributed by atoms with Gasteiger partial charge in [-0.1, -0.05) is 0 Å². The first-order valence-electron chi connectivity index (χ1n) is 7.68. The van der Waals surface area contributed by atoms with Gasteiger partial charge >= 0.3 is 0 Å². The molecule has 17 heavy (non-hydrogen) atoms. The van der Waals surface area contributed by atoms with Crippen molar-refractivity contribution in [1.29, 1.82) is 0 Å². The van der Waals surface area contributed by atoms with Gasteiger partial charge in [0.2, 0.25) is 0 Å². The van der Waals surface area contributed by atoms with Gasteiger partial charge in [-0.25, -0.2) is 0 Å². The lowest BCUT2D eigenvalue weighted by Gasteiger charge is -2.55. The van der Waals surface area contributed by atoms with Crippen molar-refractivity contribution in [1.82, 2.24) is 5.32 Å². The molecule has 2 heteroatoms. The molecule has 0 aromatic carbocycles. The van der Waals surface area contributed by atoms with Crippen LogP contribution in [0.15, 0.2) is 0 Å². The molecule has 0 radical (unpaired) electrons. The minimum Gasteiger partial charge on any atom is -0.389 e. The second-order valence-electron chi connectivity index (χ2n) is 7.42. The Hall–Kier alpha value is -0.0800. The van der Waals surface area contributed by atoms with E-state index in [1.807, 2.05) is 0 Å². The first-order valence-corrected chi connectivity index (χ1v) is 7.68. The topological polar surface area (TPSA) is 32.3 Å². The summed E-state index contributed by atoms with van der Waals surface area (Å²) >= 11 is 0. The summed E-state index contributed by atoms with van der Waals surface area (Å²) in [4.78, 5) is 0. The molecule has 5 fully saturated rings. The number of hydrogen-bond acceptors (Lipinski definition) is 2. The van der Waals surface area contributed by atoms with Crippen LogP contribution in [0.3, 0.4) is 0 Å². The summed E-state index contributed by atoms with van der Waals surface area (Å²) in [5.41, 5.74) is -0.339. The maximum absolute atomic E-state index is 10.2. The number of hydrogen-bond donors (Lipinski definition) is 2. The molecule has 5 aliphatic carbocycles. The van der Waals surface area contributed by atoms with Crippen LogP contribution < -0.4 is 5.32 Å². The molecule has 5 aliphatic rings. The molecule has 5 rings (SSSR count). The second-order valence-corrected chi connectivity index (χ2v) is 7.42. The van der Waals surface area contributed by atoms with Crippen LogP contribution in [0.2, 0.25) is 0 Å². The van der Waals surface area contributed by atoms with Gasteiger partial charge in [0.1, 0.15) is 0 Å². The van der Waals surface area contributed by atoms with Gasteiger partial charge in [-0.2, -0.15) is 0 Å². The van der Waals surface area contributed by atoms with E-state index in [0.29, 0.717) is 0 Å². The van der Waals surface area contributed by atoms with Gasteiger partial charge in [0.25, 0.3) is 0 Å². The lowest BCUT2D eigenvalue weighted by Crippen LogP contribution is -2.58. The molecule has 0 aromatic heterocycles. The van der Waals surface area contributed by atoms with Crippen molar-refractivity contribution < 1.29 is 5.11 Å². The molecule has 0 unspecified atom stereocenters. The van der Waals surface area contributed by atoms with Crippen molar-refractivity contribution in [2.24, 2.45) is 23.7 Å². The van der Waals surface area contributed by atoms with Crippen LogP contribution in [0.5, 0.6) is 0 Å². The molecule has 0 amide bonds. The Bertz CT molecular complexity index is 282. The van der Waals surface area contributed by atoms with Gasteiger partial charge < -0.3 is 10.4 Å². The highest BCUT2D eigenvalue weighted by Gasteiger charge is 2.48. The third-order valence-corrected chi connectivity index (χ3v) is 6.18. The number of rotatable bonds is 3. The second kappa shape index (κ2) is 3.71. The molecule has 0 heterocycles. The van der Waals surface area contributed by atoms with Gasteiger partial charge in [-0.15, -0.1) is 0 Å². The predicted octanol–water partition coefficient (Wildman–Crippen LogP) is 2.32. The van der Waals surface area contributed by atoms with Crippen LogP contribution in [0.1, 0.15) is 51.4 Å². The lowest BCUT2D eigenvalue weighted by atomic mass is 9.54.